The molecule has 11 heavy (non-hydrogen) atoms. The summed E-state index contributed by atoms with van der Waals surface area (Å²) in [5, 5.41) is 6.75. The summed E-state index contributed by atoms with van der Waals surface area (Å²) in [7, 11) is 0. The highest BCUT2D eigenvalue weighted by atomic mass is 14.9. The Morgan fingerprint density at radius 1 is 1.18 bits per heavy atom. The topological polar surface area (TPSA) is 24.1 Å². The molecule has 0 spiro atoms. The van der Waals surface area contributed by atoms with E-state index < -0.39 is 0 Å². The average Bonchev–Trinajstić information content (AvgIpc) is 2.04. The van der Waals surface area contributed by atoms with E-state index in [1.165, 1.54) is 12.8 Å². The molecule has 2 N–H and O–H groups in total. The van der Waals surface area contributed by atoms with E-state index in [9.17, 15) is 0 Å². The Hall–Kier alpha value is -0.0800. The van der Waals surface area contributed by atoms with Crippen LogP contribution in [-0.4, -0.2) is 25.7 Å². The number of nitrogens with one attached hydrogen (secondary N) is 2. The lowest BCUT2D eigenvalue weighted by atomic mass is 10.2. The third kappa shape index (κ3) is 7.82. The van der Waals surface area contributed by atoms with Gasteiger partial charge in [-0.25, -0.2) is 0 Å². The lowest BCUT2D eigenvalue weighted by Crippen LogP contribution is -2.28. The fraction of sp³-hybridized carbons (Fsp3) is 1.00. The minimum Gasteiger partial charge on any atom is -0.317 e. The zero-order valence-corrected chi connectivity index (χ0v) is 8.11. The summed E-state index contributed by atoms with van der Waals surface area (Å²) in [6.45, 7) is 9.95. The molecule has 0 unspecified atom stereocenters. The van der Waals surface area contributed by atoms with Crippen LogP contribution in [0.5, 0.6) is 0 Å². The van der Waals surface area contributed by atoms with E-state index in [2.05, 4.69) is 31.4 Å². The zero-order valence-electron chi connectivity index (χ0n) is 8.11. The van der Waals surface area contributed by atoms with Gasteiger partial charge in [-0.3, -0.25) is 0 Å². The monoisotopic (exact) mass is 158 g/mol. The Kier molecular flexibility index (Phi) is 7.96. The van der Waals surface area contributed by atoms with Crippen molar-refractivity contribution < 1.29 is 0 Å². The van der Waals surface area contributed by atoms with E-state index in [1.54, 1.807) is 0 Å². The second-order valence-corrected chi connectivity index (χ2v) is 2.97. The molecule has 0 amide bonds. The molecule has 0 rings (SSSR count). The molecule has 0 heterocycles. The van der Waals surface area contributed by atoms with Crippen molar-refractivity contribution in [3.63, 3.8) is 0 Å². The summed E-state index contributed by atoms with van der Waals surface area (Å²) in [6.07, 6.45) is 2.46. The Morgan fingerprint density at radius 2 is 1.91 bits per heavy atom. The maximum absolute atomic E-state index is 3.45. The van der Waals surface area contributed by atoms with Gasteiger partial charge in [-0.05, 0) is 39.4 Å². The molecular formula is C9H22N2. The molecule has 0 aliphatic rings. The van der Waals surface area contributed by atoms with E-state index in [0.717, 1.165) is 19.6 Å². The molecule has 0 fully saturated rings. The van der Waals surface area contributed by atoms with Gasteiger partial charge in [0.2, 0.25) is 0 Å². The molecule has 0 aromatic heterocycles. The second-order valence-electron chi connectivity index (χ2n) is 2.97. The van der Waals surface area contributed by atoms with E-state index in [0.29, 0.717) is 6.04 Å². The van der Waals surface area contributed by atoms with Crippen LogP contribution in [0.1, 0.15) is 33.6 Å². The van der Waals surface area contributed by atoms with Crippen LogP contribution in [0, 0.1) is 0 Å². The van der Waals surface area contributed by atoms with Gasteiger partial charge in [-0.2, -0.15) is 0 Å². The van der Waals surface area contributed by atoms with Crippen molar-refractivity contribution in [2.24, 2.45) is 0 Å². The standard InChI is InChI=1S/C9H22N2/c1-4-9(3)11-8-6-7-10-5-2/h9-11H,4-8H2,1-3H3/t9-/m0/s1. The van der Waals surface area contributed by atoms with Gasteiger partial charge in [-0.1, -0.05) is 13.8 Å². The largest absolute Gasteiger partial charge is 0.317 e. The van der Waals surface area contributed by atoms with Crippen molar-refractivity contribution in [1.82, 2.24) is 10.6 Å². The Morgan fingerprint density at radius 3 is 2.45 bits per heavy atom. The highest BCUT2D eigenvalue weighted by molar-refractivity contribution is 4.57. The predicted molar refractivity (Wildman–Crippen MR) is 50.9 cm³/mol. The fourth-order valence-electron chi connectivity index (χ4n) is 0.883. The highest BCUT2D eigenvalue weighted by Gasteiger charge is 1.94. The molecule has 0 aliphatic carbocycles. The van der Waals surface area contributed by atoms with E-state index >= 15 is 0 Å². The molecule has 1 atom stereocenters. The van der Waals surface area contributed by atoms with Crippen LogP contribution in [0.3, 0.4) is 0 Å². The van der Waals surface area contributed by atoms with Crippen molar-refractivity contribution in [1.29, 1.82) is 0 Å². The normalized spacial score (nSPS) is 13.4. The molecule has 2 nitrogen and oxygen atoms in total. The lowest BCUT2D eigenvalue weighted by molar-refractivity contribution is 0.514. The molecule has 2 heteroatoms. The van der Waals surface area contributed by atoms with Gasteiger partial charge in [0.1, 0.15) is 0 Å². The summed E-state index contributed by atoms with van der Waals surface area (Å²) in [5.41, 5.74) is 0. The lowest BCUT2D eigenvalue weighted by Gasteiger charge is -2.10. The van der Waals surface area contributed by atoms with E-state index in [-0.39, 0.29) is 0 Å². The molecule has 0 bridgehead atoms. The minimum atomic E-state index is 0.677. The smallest absolute Gasteiger partial charge is 0.00361 e. The molecule has 68 valence electrons. The van der Waals surface area contributed by atoms with Crippen molar-refractivity contribution in [3.05, 3.63) is 0 Å². The van der Waals surface area contributed by atoms with Gasteiger partial charge in [0.05, 0.1) is 0 Å². The van der Waals surface area contributed by atoms with Gasteiger partial charge in [-0.15, -0.1) is 0 Å². The van der Waals surface area contributed by atoms with E-state index in [4.69, 9.17) is 0 Å². The first kappa shape index (κ1) is 10.9. The van der Waals surface area contributed by atoms with Gasteiger partial charge in [0.25, 0.3) is 0 Å². The van der Waals surface area contributed by atoms with Crippen LogP contribution in [-0.2, 0) is 0 Å². The maximum Gasteiger partial charge on any atom is 0.00361 e. The summed E-state index contributed by atoms with van der Waals surface area (Å²) >= 11 is 0. The van der Waals surface area contributed by atoms with Gasteiger partial charge in [0.15, 0.2) is 0 Å². The molecule has 0 saturated carbocycles. The summed E-state index contributed by atoms with van der Waals surface area (Å²) in [4.78, 5) is 0. The molecular weight excluding hydrogens is 136 g/mol. The Balaban J connectivity index is 2.89. The summed E-state index contributed by atoms with van der Waals surface area (Å²) in [6, 6.07) is 0.677. The third-order valence-corrected chi connectivity index (χ3v) is 1.89. The van der Waals surface area contributed by atoms with E-state index in [1.807, 2.05) is 0 Å². The van der Waals surface area contributed by atoms with Crippen molar-refractivity contribution in [2.45, 2.75) is 39.7 Å². The van der Waals surface area contributed by atoms with Crippen LogP contribution < -0.4 is 10.6 Å². The van der Waals surface area contributed by atoms with Crippen LogP contribution in [0.4, 0.5) is 0 Å². The second kappa shape index (κ2) is 8.02. The van der Waals surface area contributed by atoms with Crippen LogP contribution in [0.25, 0.3) is 0 Å². The Bertz CT molecular complexity index is 74.0. The first-order chi connectivity index (χ1) is 5.31. The molecule has 0 aromatic carbocycles. The van der Waals surface area contributed by atoms with Gasteiger partial charge < -0.3 is 10.6 Å². The first-order valence-electron chi connectivity index (χ1n) is 4.75. The predicted octanol–water partition coefficient (Wildman–Crippen LogP) is 1.37. The van der Waals surface area contributed by atoms with Crippen molar-refractivity contribution >= 4 is 0 Å². The Labute approximate surface area is 70.8 Å². The SMILES string of the molecule is CCNCCCN[C@@H](C)CC. The average molecular weight is 158 g/mol. The highest BCUT2D eigenvalue weighted by Crippen LogP contribution is 1.86. The molecule has 0 aliphatic heterocycles. The zero-order chi connectivity index (χ0) is 8.53. The quantitative estimate of drug-likeness (QED) is 0.547. The van der Waals surface area contributed by atoms with Crippen LogP contribution >= 0.6 is 0 Å². The van der Waals surface area contributed by atoms with Gasteiger partial charge in [0, 0.05) is 6.04 Å². The van der Waals surface area contributed by atoms with Crippen molar-refractivity contribution in [3.8, 4) is 0 Å². The maximum atomic E-state index is 3.45. The van der Waals surface area contributed by atoms with Crippen LogP contribution in [0.15, 0.2) is 0 Å². The number of hydrogen-bond acceptors (Lipinski definition) is 2. The first-order valence-corrected chi connectivity index (χ1v) is 4.75. The number of hydrogen-bond donors (Lipinski definition) is 2. The third-order valence-electron chi connectivity index (χ3n) is 1.89. The number of rotatable bonds is 7. The minimum absolute atomic E-state index is 0.677. The summed E-state index contributed by atoms with van der Waals surface area (Å²) < 4.78 is 0. The molecule has 0 saturated heterocycles. The van der Waals surface area contributed by atoms with Crippen LogP contribution in [0.2, 0.25) is 0 Å². The van der Waals surface area contributed by atoms with Crippen molar-refractivity contribution in [2.75, 3.05) is 19.6 Å². The molecule has 0 radical (unpaired) electrons. The summed E-state index contributed by atoms with van der Waals surface area (Å²) in [5.74, 6) is 0. The fourth-order valence-corrected chi connectivity index (χ4v) is 0.883. The molecule has 0 aromatic rings. The van der Waals surface area contributed by atoms with Gasteiger partial charge >= 0.3 is 0 Å².